The van der Waals surface area contributed by atoms with Crippen LogP contribution in [0.4, 0.5) is 5.69 Å². The quantitative estimate of drug-likeness (QED) is 0.830. The van der Waals surface area contributed by atoms with E-state index in [0.29, 0.717) is 23.2 Å². The molecule has 0 bridgehead atoms. The Morgan fingerprint density at radius 2 is 2.00 bits per heavy atom. The zero-order chi connectivity index (χ0) is 11.9. The molecule has 0 aliphatic rings. The van der Waals surface area contributed by atoms with Crippen LogP contribution in [0.1, 0.15) is 31.4 Å². The van der Waals surface area contributed by atoms with E-state index in [1.54, 1.807) is 11.7 Å². The van der Waals surface area contributed by atoms with E-state index >= 15 is 0 Å². The third-order valence-electron chi connectivity index (χ3n) is 2.41. The van der Waals surface area contributed by atoms with Crippen molar-refractivity contribution < 1.29 is 4.42 Å². The molecule has 0 atom stereocenters. The van der Waals surface area contributed by atoms with Crippen molar-refractivity contribution in [1.82, 2.24) is 20.0 Å². The fourth-order valence-corrected chi connectivity index (χ4v) is 1.49. The van der Waals surface area contributed by atoms with E-state index < -0.39 is 0 Å². The van der Waals surface area contributed by atoms with Gasteiger partial charge in [-0.25, -0.2) is 0 Å². The lowest BCUT2D eigenvalue weighted by Crippen LogP contribution is -1.95. The van der Waals surface area contributed by atoms with Gasteiger partial charge in [0.1, 0.15) is 5.69 Å². The lowest BCUT2D eigenvalue weighted by Gasteiger charge is -1.97. The molecule has 0 aliphatic heterocycles. The van der Waals surface area contributed by atoms with Crippen molar-refractivity contribution in [2.24, 2.45) is 7.05 Å². The molecule has 0 radical (unpaired) electrons. The summed E-state index contributed by atoms with van der Waals surface area (Å²) in [6, 6.07) is 0. The Morgan fingerprint density at radius 3 is 2.44 bits per heavy atom. The Bertz CT molecular complexity index is 511. The van der Waals surface area contributed by atoms with Gasteiger partial charge in [0.25, 0.3) is 5.89 Å². The van der Waals surface area contributed by atoms with E-state index in [1.165, 1.54) is 0 Å². The second-order valence-corrected chi connectivity index (χ2v) is 4.07. The maximum Gasteiger partial charge on any atom is 0.268 e. The van der Waals surface area contributed by atoms with Gasteiger partial charge in [0.15, 0.2) is 0 Å². The molecule has 2 N–H and O–H groups in total. The van der Waals surface area contributed by atoms with Crippen molar-refractivity contribution in [3.63, 3.8) is 0 Å². The van der Waals surface area contributed by atoms with Gasteiger partial charge in [-0.05, 0) is 6.92 Å². The normalized spacial score (nSPS) is 11.3. The second-order valence-electron chi connectivity index (χ2n) is 4.07. The summed E-state index contributed by atoms with van der Waals surface area (Å²) in [5.41, 5.74) is 7.94. The van der Waals surface area contributed by atoms with Crippen LogP contribution < -0.4 is 5.73 Å². The van der Waals surface area contributed by atoms with Gasteiger partial charge < -0.3 is 10.2 Å². The fraction of sp³-hybridized carbons (Fsp3) is 0.500. The molecule has 0 saturated carbocycles. The number of nitrogen functional groups attached to an aromatic ring is 1. The zero-order valence-electron chi connectivity index (χ0n) is 9.85. The number of anilines is 1. The smallest absolute Gasteiger partial charge is 0.268 e. The topological polar surface area (TPSA) is 82.8 Å². The third-order valence-corrected chi connectivity index (χ3v) is 2.41. The summed E-state index contributed by atoms with van der Waals surface area (Å²) in [5.74, 6) is 1.23. The number of hydrogen-bond donors (Lipinski definition) is 1. The summed E-state index contributed by atoms with van der Waals surface area (Å²) in [4.78, 5) is 0. The summed E-state index contributed by atoms with van der Waals surface area (Å²) >= 11 is 0. The van der Waals surface area contributed by atoms with E-state index in [1.807, 2.05) is 20.8 Å². The lowest BCUT2D eigenvalue weighted by molar-refractivity contribution is 0.477. The van der Waals surface area contributed by atoms with E-state index in [2.05, 4.69) is 15.3 Å². The van der Waals surface area contributed by atoms with Crippen LogP contribution in [-0.2, 0) is 7.05 Å². The molecule has 2 heterocycles. The van der Waals surface area contributed by atoms with Crippen LogP contribution in [0, 0.1) is 6.92 Å². The van der Waals surface area contributed by atoms with Crippen LogP contribution in [0.3, 0.4) is 0 Å². The molecule has 2 aromatic rings. The van der Waals surface area contributed by atoms with Crippen LogP contribution >= 0.6 is 0 Å². The van der Waals surface area contributed by atoms with E-state index in [4.69, 9.17) is 10.2 Å². The minimum atomic E-state index is 0.205. The number of aromatic nitrogens is 4. The summed E-state index contributed by atoms with van der Waals surface area (Å²) in [6.45, 7) is 5.84. The standard InChI is InChI=1S/C10H15N5O/c1-5(2)9-12-13-10(16-9)8-7(11)6(3)14-15(8)4/h5H,11H2,1-4H3. The molecule has 6 nitrogen and oxygen atoms in total. The summed E-state index contributed by atoms with van der Waals surface area (Å²) in [7, 11) is 1.80. The monoisotopic (exact) mass is 221 g/mol. The number of nitrogens with two attached hydrogens (primary N) is 1. The first-order valence-corrected chi connectivity index (χ1v) is 5.13. The average molecular weight is 221 g/mol. The van der Waals surface area contributed by atoms with Crippen molar-refractivity contribution in [3.05, 3.63) is 11.6 Å². The molecule has 86 valence electrons. The van der Waals surface area contributed by atoms with Gasteiger partial charge in [-0.2, -0.15) is 5.10 Å². The first-order valence-electron chi connectivity index (χ1n) is 5.13. The number of nitrogens with zero attached hydrogens (tertiary/aromatic N) is 4. The lowest BCUT2D eigenvalue weighted by atomic mass is 10.2. The van der Waals surface area contributed by atoms with Crippen LogP contribution in [0.15, 0.2) is 4.42 Å². The molecule has 16 heavy (non-hydrogen) atoms. The second kappa shape index (κ2) is 3.62. The van der Waals surface area contributed by atoms with E-state index in [0.717, 1.165) is 5.69 Å². The third kappa shape index (κ3) is 1.56. The first kappa shape index (κ1) is 10.7. The number of aryl methyl sites for hydroxylation is 2. The molecule has 2 aromatic heterocycles. The van der Waals surface area contributed by atoms with Gasteiger partial charge >= 0.3 is 0 Å². The summed E-state index contributed by atoms with van der Waals surface area (Å²) in [6.07, 6.45) is 0. The van der Waals surface area contributed by atoms with Gasteiger partial charge in [-0.3, -0.25) is 4.68 Å². The molecule has 0 aromatic carbocycles. The molecule has 0 fully saturated rings. The highest BCUT2D eigenvalue weighted by atomic mass is 16.4. The maximum atomic E-state index is 5.91. The van der Waals surface area contributed by atoms with Gasteiger partial charge in [0.05, 0.1) is 11.4 Å². The predicted octanol–water partition coefficient (Wildman–Crippen LogP) is 1.48. The minimum Gasteiger partial charge on any atom is -0.419 e. The number of hydrogen-bond acceptors (Lipinski definition) is 5. The van der Waals surface area contributed by atoms with Crippen molar-refractivity contribution in [2.45, 2.75) is 26.7 Å². The Labute approximate surface area is 93.5 Å². The Morgan fingerprint density at radius 1 is 1.31 bits per heavy atom. The van der Waals surface area contributed by atoms with Crippen molar-refractivity contribution in [1.29, 1.82) is 0 Å². The van der Waals surface area contributed by atoms with Crippen LogP contribution in [0.5, 0.6) is 0 Å². The van der Waals surface area contributed by atoms with Gasteiger partial charge in [-0.15, -0.1) is 10.2 Å². The maximum absolute atomic E-state index is 5.91. The van der Waals surface area contributed by atoms with Crippen molar-refractivity contribution in [2.75, 3.05) is 5.73 Å². The highest BCUT2D eigenvalue weighted by Gasteiger charge is 2.19. The minimum absolute atomic E-state index is 0.205. The summed E-state index contributed by atoms with van der Waals surface area (Å²) < 4.78 is 7.20. The van der Waals surface area contributed by atoms with Crippen LogP contribution in [0.2, 0.25) is 0 Å². The number of rotatable bonds is 2. The largest absolute Gasteiger partial charge is 0.419 e. The molecule has 0 amide bonds. The first-order chi connectivity index (χ1) is 7.50. The fourth-order valence-electron chi connectivity index (χ4n) is 1.49. The Kier molecular flexibility index (Phi) is 2.41. The predicted molar refractivity (Wildman–Crippen MR) is 59.7 cm³/mol. The van der Waals surface area contributed by atoms with Gasteiger partial charge in [0.2, 0.25) is 5.89 Å². The molecule has 2 rings (SSSR count). The van der Waals surface area contributed by atoms with Crippen molar-refractivity contribution in [3.8, 4) is 11.6 Å². The summed E-state index contributed by atoms with van der Waals surface area (Å²) in [5, 5.41) is 12.2. The highest BCUT2D eigenvalue weighted by molar-refractivity contribution is 5.68. The molecular formula is C10H15N5O. The molecule has 0 aliphatic carbocycles. The van der Waals surface area contributed by atoms with E-state index in [9.17, 15) is 0 Å². The van der Waals surface area contributed by atoms with Crippen molar-refractivity contribution >= 4 is 5.69 Å². The SMILES string of the molecule is Cc1nn(C)c(-c2nnc(C(C)C)o2)c1N. The Balaban J connectivity index is 2.50. The molecule has 0 spiro atoms. The molecule has 0 unspecified atom stereocenters. The Hall–Kier alpha value is -1.85. The van der Waals surface area contributed by atoms with Gasteiger partial charge in [-0.1, -0.05) is 13.8 Å². The average Bonchev–Trinajstić information content (AvgIpc) is 2.74. The molecule has 6 heteroatoms. The van der Waals surface area contributed by atoms with Gasteiger partial charge in [0, 0.05) is 13.0 Å². The van der Waals surface area contributed by atoms with E-state index in [-0.39, 0.29) is 5.92 Å². The van der Waals surface area contributed by atoms with Crippen LogP contribution in [-0.4, -0.2) is 20.0 Å². The molecule has 0 saturated heterocycles. The zero-order valence-corrected chi connectivity index (χ0v) is 9.85. The van der Waals surface area contributed by atoms with Crippen LogP contribution in [0.25, 0.3) is 11.6 Å². The highest BCUT2D eigenvalue weighted by Crippen LogP contribution is 2.27. The molecular weight excluding hydrogens is 206 g/mol.